The van der Waals surface area contributed by atoms with E-state index in [9.17, 15) is 4.79 Å². The summed E-state index contributed by atoms with van der Waals surface area (Å²) in [6, 6.07) is 18.4. The second kappa shape index (κ2) is 10.2. The summed E-state index contributed by atoms with van der Waals surface area (Å²) in [5.74, 6) is 0.393. The standard InChI is InChI=1S/C26H27Cl2NO2/c1-5-29(6-2)26(30)31-24-16-23(27)22(25(28)18(24)4)15-19-13-12-17(3)21(14-19)20-10-8-7-9-11-20/h7-14,16H,5-6,15H2,1-4H3. The Balaban J connectivity index is 1.91. The van der Waals surface area contributed by atoms with Crippen molar-refractivity contribution >= 4 is 29.3 Å². The van der Waals surface area contributed by atoms with Crippen LogP contribution in [-0.2, 0) is 6.42 Å². The number of halogens is 2. The minimum atomic E-state index is -0.404. The van der Waals surface area contributed by atoms with Crippen LogP contribution < -0.4 is 4.74 Å². The molecule has 0 aliphatic heterocycles. The van der Waals surface area contributed by atoms with Crippen LogP contribution in [-0.4, -0.2) is 24.1 Å². The maximum absolute atomic E-state index is 12.3. The lowest BCUT2D eigenvalue weighted by atomic mass is 9.95. The Morgan fingerprint density at radius 1 is 0.968 bits per heavy atom. The fourth-order valence-corrected chi connectivity index (χ4v) is 4.14. The van der Waals surface area contributed by atoms with Crippen LogP contribution >= 0.6 is 23.2 Å². The van der Waals surface area contributed by atoms with Gasteiger partial charge in [-0.1, -0.05) is 71.7 Å². The van der Waals surface area contributed by atoms with Crippen molar-refractivity contribution in [2.45, 2.75) is 34.1 Å². The van der Waals surface area contributed by atoms with Gasteiger partial charge in [0.2, 0.25) is 0 Å². The van der Waals surface area contributed by atoms with E-state index < -0.39 is 6.09 Å². The fraction of sp³-hybridized carbons (Fsp3) is 0.269. The molecule has 0 atom stereocenters. The van der Waals surface area contributed by atoms with Crippen LogP contribution in [0, 0.1) is 13.8 Å². The highest BCUT2D eigenvalue weighted by atomic mass is 35.5. The van der Waals surface area contributed by atoms with E-state index in [4.69, 9.17) is 27.9 Å². The van der Waals surface area contributed by atoms with Gasteiger partial charge in [-0.25, -0.2) is 4.79 Å². The molecule has 162 valence electrons. The Kier molecular flexibility index (Phi) is 7.64. The fourth-order valence-electron chi connectivity index (χ4n) is 3.57. The smallest absolute Gasteiger partial charge is 0.410 e. The zero-order valence-electron chi connectivity index (χ0n) is 18.3. The Labute approximate surface area is 194 Å². The molecule has 5 heteroatoms. The zero-order valence-corrected chi connectivity index (χ0v) is 19.8. The quantitative estimate of drug-likeness (QED) is 0.380. The molecule has 0 radical (unpaired) electrons. The van der Waals surface area contributed by atoms with E-state index in [1.165, 1.54) is 16.7 Å². The predicted octanol–water partition coefficient (Wildman–Crippen LogP) is 7.71. The molecule has 0 heterocycles. The van der Waals surface area contributed by atoms with Crippen molar-refractivity contribution in [3.05, 3.63) is 86.9 Å². The third-order valence-corrected chi connectivity index (χ3v) is 6.35. The van der Waals surface area contributed by atoms with Gasteiger partial charge in [-0.2, -0.15) is 0 Å². The lowest BCUT2D eigenvalue weighted by molar-refractivity contribution is 0.157. The van der Waals surface area contributed by atoms with E-state index in [-0.39, 0.29) is 0 Å². The Morgan fingerprint density at radius 3 is 2.29 bits per heavy atom. The molecule has 0 N–H and O–H groups in total. The molecule has 0 unspecified atom stereocenters. The molecule has 31 heavy (non-hydrogen) atoms. The lowest BCUT2D eigenvalue weighted by Gasteiger charge is -2.20. The molecular weight excluding hydrogens is 429 g/mol. The summed E-state index contributed by atoms with van der Waals surface area (Å²) in [7, 11) is 0. The molecule has 0 bridgehead atoms. The van der Waals surface area contributed by atoms with E-state index in [0.29, 0.717) is 40.9 Å². The summed E-state index contributed by atoms with van der Waals surface area (Å²) in [4.78, 5) is 14.0. The molecule has 0 spiro atoms. The maximum atomic E-state index is 12.3. The van der Waals surface area contributed by atoms with E-state index in [1.807, 2.05) is 39.0 Å². The summed E-state index contributed by atoms with van der Waals surface area (Å²) in [5.41, 5.74) is 6.21. The number of benzene rings is 3. The number of nitrogens with zero attached hydrogens (tertiary/aromatic N) is 1. The molecule has 0 fully saturated rings. The molecular formula is C26H27Cl2NO2. The van der Waals surface area contributed by atoms with Crippen LogP contribution in [0.25, 0.3) is 11.1 Å². The van der Waals surface area contributed by atoms with Gasteiger partial charge in [-0.3, -0.25) is 0 Å². The van der Waals surface area contributed by atoms with Crippen molar-refractivity contribution in [3.63, 3.8) is 0 Å². The van der Waals surface area contributed by atoms with Gasteiger partial charge in [0.05, 0.1) is 5.02 Å². The van der Waals surface area contributed by atoms with Crippen molar-refractivity contribution in [1.29, 1.82) is 0 Å². The zero-order chi connectivity index (χ0) is 22.5. The number of rotatable bonds is 6. The topological polar surface area (TPSA) is 29.5 Å². The summed E-state index contributed by atoms with van der Waals surface area (Å²) in [6.07, 6.45) is 0.183. The number of ether oxygens (including phenoxy) is 1. The minimum Gasteiger partial charge on any atom is -0.410 e. The van der Waals surface area contributed by atoms with Crippen molar-refractivity contribution < 1.29 is 9.53 Å². The number of hydrogen-bond donors (Lipinski definition) is 0. The summed E-state index contributed by atoms with van der Waals surface area (Å²) < 4.78 is 5.57. The van der Waals surface area contributed by atoms with E-state index in [2.05, 4.69) is 37.3 Å². The first kappa shape index (κ1) is 23.2. The summed E-state index contributed by atoms with van der Waals surface area (Å²) >= 11 is 13.3. The maximum Gasteiger partial charge on any atom is 0.415 e. The monoisotopic (exact) mass is 455 g/mol. The van der Waals surface area contributed by atoms with Crippen LogP contribution in [0.1, 0.15) is 36.1 Å². The van der Waals surface area contributed by atoms with E-state index in [1.54, 1.807) is 11.0 Å². The van der Waals surface area contributed by atoms with Crippen molar-refractivity contribution in [1.82, 2.24) is 4.90 Å². The van der Waals surface area contributed by atoms with Gasteiger partial charge in [0.1, 0.15) is 5.75 Å². The number of hydrogen-bond acceptors (Lipinski definition) is 2. The highest BCUT2D eigenvalue weighted by Crippen LogP contribution is 2.37. The molecule has 3 rings (SSSR count). The Morgan fingerprint density at radius 2 is 1.65 bits per heavy atom. The van der Waals surface area contributed by atoms with Gasteiger partial charge in [0, 0.05) is 36.2 Å². The summed E-state index contributed by atoms with van der Waals surface area (Å²) in [5, 5.41) is 1.01. The average molecular weight is 456 g/mol. The van der Waals surface area contributed by atoms with Crippen LogP contribution in [0.15, 0.2) is 54.6 Å². The molecule has 3 aromatic carbocycles. The highest BCUT2D eigenvalue weighted by molar-refractivity contribution is 6.36. The molecule has 0 saturated carbocycles. The third-order valence-electron chi connectivity index (χ3n) is 5.50. The summed E-state index contributed by atoms with van der Waals surface area (Å²) in [6.45, 7) is 8.92. The van der Waals surface area contributed by atoms with Gasteiger partial charge in [0.25, 0.3) is 0 Å². The first-order chi connectivity index (χ1) is 14.8. The SMILES string of the molecule is CCN(CC)C(=O)Oc1cc(Cl)c(Cc2ccc(C)c(-c3ccccc3)c2)c(Cl)c1C. The molecule has 0 aliphatic rings. The average Bonchev–Trinajstić information content (AvgIpc) is 2.77. The molecule has 1 amide bonds. The molecule has 0 aliphatic carbocycles. The normalized spacial score (nSPS) is 10.8. The van der Waals surface area contributed by atoms with Crippen molar-refractivity contribution in [3.8, 4) is 16.9 Å². The van der Waals surface area contributed by atoms with Gasteiger partial charge >= 0.3 is 6.09 Å². The minimum absolute atomic E-state index is 0.393. The highest BCUT2D eigenvalue weighted by Gasteiger charge is 2.19. The van der Waals surface area contributed by atoms with E-state index >= 15 is 0 Å². The third kappa shape index (κ3) is 5.23. The van der Waals surface area contributed by atoms with Crippen molar-refractivity contribution in [2.24, 2.45) is 0 Å². The number of aryl methyl sites for hydroxylation is 1. The molecule has 0 aromatic heterocycles. The number of carbonyl (C=O) groups excluding carboxylic acids is 1. The number of carbonyl (C=O) groups is 1. The Hall–Kier alpha value is -2.49. The molecule has 3 nitrogen and oxygen atoms in total. The Bertz CT molecular complexity index is 1080. The van der Waals surface area contributed by atoms with Gasteiger partial charge in [-0.05, 0) is 55.5 Å². The van der Waals surface area contributed by atoms with Crippen LogP contribution in [0.4, 0.5) is 4.79 Å². The largest absolute Gasteiger partial charge is 0.415 e. The number of amides is 1. The van der Waals surface area contributed by atoms with Gasteiger partial charge in [0.15, 0.2) is 0 Å². The first-order valence-corrected chi connectivity index (χ1v) is 11.2. The first-order valence-electron chi connectivity index (χ1n) is 10.4. The van der Waals surface area contributed by atoms with E-state index in [0.717, 1.165) is 11.1 Å². The van der Waals surface area contributed by atoms with Gasteiger partial charge in [-0.15, -0.1) is 0 Å². The second-order valence-corrected chi connectivity index (χ2v) is 8.29. The molecule has 0 saturated heterocycles. The van der Waals surface area contributed by atoms with Crippen LogP contribution in [0.3, 0.4) is 0 Å². The lowest BCUT2D eigenvalue weighted by Crippen LogP contribution is -2.33. The van der Waals surface area contributed by atoms with Crippen LogP contribution in [0.2, 0.25) is 10.0 Å². The van der Waals surface area contributed by atoms with Crippen LogP contribution in [0.5, 0.6) is 5.75 Å². The van der Waals surface area contributed by atoms with Crippen molar-refractivity contribution in [2.75, 3.05) is 13.1 Å². The second-order valence-electron chi connectivity index (χ2n) is 7.51. The molecule has 3 aromatic rings. The van der Waals surface area contributed by atoms with Gasteiger partial charge < -0.3 is 9.64 Å². The predicted molar refractivity (Wildman–Crippen MR) is 130 cm³/mol.